The first kappa shape index (κ1) is 18.8. The molecule has 6 nitrogen and oxygen atoms in total. The lowest BCUT2D eigenvalue weighted by Gasteiger charge is -2.32. The van der Waals surface area contributed by atoms with Crippen LogP contribution >= 0.6 is 15.9 Å². The Morgan fingerprint density at radius 3 is 2.81 bits per heavy atom. The van der Waals surface area contributed by atoms with Gasteiger partial charge < -0.3 is 20.8 Å². The summed E-state index contributed by atoms with van der Waals surface area (Å²) in [5.41, 5.74) is 0.829. The number of aliphatic hydroxyl groups is 2. The van der Waals surface area contributed by atoms with Crippen molar-refractivity contribution in [3.8, 4) is 0 Å². The van der Waals surface area contributed by atoms with Gasteiger partial charge in [-0.2, -0.15) is 0 Å². The minimum atomic E-state index is -1.00. The van der Waals surface area contributed by atoms with E-state index >= 15 is 0 Å². The number of aromatic nitrogens is 1. The molecule has 0 spiro atoms. The van der Waals surface area contributed by atoms with Gasteiger partial charge in [-0.25, -0.2) is 4.39 Å². The topological polar surface area (TPSA) is 94.5 Å². The Labute approximate surface area is 158 Å². The van der Waals surface area contributed by atoms with Crippen molar-refractivity contribution in [2.24, 2.45) is 0 Å². The molecule has 1 saturated carbocycles. The van der Waals surface area contributed by atoms with Crippen molar-refractivity contribution >= 4 is 33.2 Å². The van der Waals surface area contributed by atoms with E-state index in [0.29, 0.717) is 29.4 Å². The van der Waals surface area contributed by atoms with Gasteiger partial charge in [0.15, 0.2) is 0 Å². The Bertz CT molecular complexity index is 805. The van der Waals surface area contributed by atoms with Crippen molar-refractivity contribution in [2.45, 2.75) is 37.5 Å². The quantitative estimate of drug-likeness (QED) is 0.606. The third-order valence-corrected chi connectivity index (χ3v) is 4.90. The highest BCUT2D eigenvalue weighted by Crippen LogP contribution is 2.25. The van der Waals surface area contributed by atoms with E-state index < -0.39 is 30.0 Å². The van der Waals surface area contributed by atoms with Gasteiger partial charge in [0.2, 0.25) is 0 Å². The third-order valence-electron chi connectivity index (χ3n) is 4.40. The molecule has 1 fully saturated rings. The zero-order chi connectivity index (χ0) is 18.7. The van der Waals surface area contributed by atoms with Crippen LogP contribution in [0, 0.1) is 5.82 Å². The number of pyridine rings is 1. The van der Waals surface area contributed by atoms with Crippen molar-refractivity contribution in [3.63, 3.8) is 0 Å². The largest absolute Gasteiger partial charge is 0.390 e. The van der Waals surface area contributed by atoms with Crippen molar-refractivity contribution in [2.75, 3.05) is 5.32 Å². The second-order valence-corrected chi connectivity index (χ2v) is 7.15. The Hall–Kier alpha value is -2.03. The number of amides is 1. The van der Waals surface area contributed by atoms with Crippen molar-refractivity contribution in [3.05, 3.63) is 52.5 Å². The van der Waals surface area contributed by atoms with Gasteiger partial charge in [0.05, 0.1) is 41.4 Å². The van der Waals surface area contributed by atoms with Crippen LogP contribution in [0.4, 0.5) is 15.8 Å². The lowest BCUT2D eigenvalue weighted by Crippen LogP contribution is -2.51. The van der Waals surface area contributed by atoms with E-state index in [9.17, 15) is 19.4 Å². The molecule has 8 heteroatoms. The summed E-state index contributed by atoms with van der Waals surface area (Å²) in [6.07, 6.45) is 2.86. The fraction of sp³-hybridized carbons (Fsp3) is 0.333. The van der Waals surface area contributed by atoms with Crippen molar-refractivity contribution < 1.29 is 19.4 Å². The SMILES string of the molecule is O=C(N[C@H]1CCCC(O)C1O)c1ccncc1Nc1ccc(Br)cc1F. The summed E-state index contributed by atoms with van der Waals surface area (Å²) in [6, 6.07) is 5.53. The average Bonchev–Trinajstić information content (AvgIpc) is 2.62. The first-order valence-electron chi connectivity index (χ1n) is 8.29. The molecule has 0 aliphatic heterocycles. The van der Waals surface area contributed by atoms with Gasteiger partial charge in [-0.15, -0.1) is 0 Å². The van der Waals surface area contributed by atoms with Crippen LogP contribution in [0.5, 0.6) is 0 Å². The molecule has 1 amide bonds. The van der Waals surface area contributed by atoms with E-state index in [2.05, 4.69) is 31.5 Å². The van der Waals surface area contributed by atoms with E-state index in [-0.39, 0.29) is 11.3 Å². The zero-order valence-electron chi connectivity index (χ0n) is 13.8. The number of carbonyl (C=O) groups is 1. The summed E-state index contributed by atoms with van der Waals surface area (Å²) in [7, 11) is 0. The number of nitrogens with zero attached hydrogens (tertiary/aromatic N) is 1. The lowest BCUT2D eigenvalue weighted by atomic mass is 9.90. The summed E-state index contributed by atoms with van der Waals surface area (Å²) >= 11 is 3.20. The summed E-state index contributed by atoms with van der Waals surface area (Å²) in [4.78, 5) is 16.6. The lowest BCUT2D eigenvalue weighted by molar-refractivity contribution is -0.0277. The number of hydrogen-bond acceptors (Lipinski definition) is 5. The Morgan fingerprint density at radius 1 is 1.23 bits per heavy atom. The molecule has 1 aromatic carbocycles. The highest BCUT2D eigenvalue weighted by molar-refractivity contribution is 9.10. The number of anilines is 2. The van der Waals surface area contributed by atoms with Crippen molar-refractivity contribution in [1.82, 2.24) is 10.3 Å². The molecular formula is C18H19BrFN3O3. The third kappa shape index (κ3) is 4.20. The molecular weight excluding hydrogens is 405 g/mol. The van der Waals surface area contributed by atoms with Crippen molar-refractivity contribution in [1.29, 1.82) is 0 Å². The second kappa shape index (κ2) is 8.11. The molecule has 138 valence electrons. The number of halogens is 2. The van der Waals surface area contributed by atoms with Gasteiger partial charge >= 0.3 is 0 Å². The van der Waals surface area contributed by atoms with Gasteiger partial charge in [0, 0.05) is 10.7 Å². The van der Waals surface area contributed by atoms with Crippen LogP contribution in [-0.4, -0.2) is 39.4 Å². The standard InChI is InChI=1S/C18H19BrFN3O3/c19-10-4-5-13(12(20)8-10)22-15-9-21-7-6-11(15)18(26)23-14-2-1-3-16(24)17(14)25/h4-9,14,16-17,22,24-25H,1-3H2,(H,23,26)/t14-,16?,17?/m0/s1. The first-order valence-corrected chi connectivity index (χ1v) is 9.08. The average molecular weight is 424 g/mol. The molecule has 1 aliphatic rings. The number of rotatable bonds is 4. The number of nitrogens with one attached hydrogen (secondary N) is 2. The van der Waals surface area contributed by atoms with Gasteiger partial charge in [0.25, 0.3) is 5.91 Å². The van der Waals surface area contributed by atoms with Gasteiger partial charge in [-0.1, -0.05) is 15.9 Å². The maximum absolute atomic E-state index is 14.1. The highest BCUT2D eigenvalue weighted by atomic mass is 79.9. The van der Waals surface area contributed by atoms with Crippen LogP contribution in [0.25, 0.3) is 0 Å². The predicted octanol–water partition coefficient (Wildman–Crippen LogP) is 2.73. The van der Waals surface area contributed by atoms with Crippen LogP contribution in [0.1, 0.15) is 29.6 Å². The summed E-state index contributed by atoms with van der Waals surface area (Å²) in [5.74, 6) is -0.897. The molecule has 26 heavy (non-hydrogen) atoms. The molecule has 2 aromatic rings. The van der Waals surface area contributed by atoms with Gasteiger partial charge in [-0.05, 0) is 43.5 Å². The molecule has 1 aliphatic carbocycles. The van der Waals surface area contributed by atoms with Gasteiger partial charge in [0.1, 0.15) is 5.82 Å². The summed E-state index contributed by atoms with van der Waals surface area (Å²) in [6.45, 7) is 0. The van der Waals surface area contributed by atoms with Crippen LogP contribution in [0.15, 0.2) is 41.1 Å². The van der Waals surface area contributed by atoms with Crippen LogP contribution < -0.4 is 10.6 Å². The van der Waals surface area contributed by atoms with E-state index in [1.54, 1.807) is 12.1 Å². The maximum Gasteiger partial charge on any atom is 0.253 e. The van der Waals surface area contributed by atoms with E-state index in [1.807, 2.05) is 0 Å². The van der Waals surface area contributed by atoms with Gasteiger partial charge in [-0.3, -0.25) is 9.78 Å². The minimum Gasteiger partial charge on any atom is -0.390 e. The van der Waals surface area contributed by atoms with Crippen LogP contribution in [-0.2, 0) is 0 Å². The first-order chi connectivity index (χ1) is 12.5. The normalized spacial score (nSPS) is 22.7. The number of carbonyl (C=O) groups excluding carboxylic acids is 1. The fourth-order valence-corrected chi connectivity index (χ4v) is 3.32. The highest BCUT2D eigenvalue weighted by Gasteiger charge is 2.32. The molecule has 0 saturated heterocycles. The van der Waals surface area contributed by atoms with E-state index in [1.165, 1.54) is 24.5 Å². The van der Waals surface area contributed by atoms with E-state index in [4.69, 9.17) is 0 Å². The molecule has 2 unspecified atom stereocenters. The second-order valence-electron chi connectivity index (χ2n) is 6.24. The predicted molar refractivity (Wildman–Crippen MR) is 98.7 cm³/mol. The maximum atomic E-state index is 14.1. The number of hydrogen-bond donors (Lipinski definition) is 4. The fourth-order valence-electron chi connectivity index (χ4n) is 2.99. The number of aliphatic hydroxyl groups excluding tert-OH is 2. The smallest absolute Gasteiger partial charge is 0.253 e. The molecule has 3 rings (SSSR count). The molecule has 0 bridgehead atoms. The monoisotopic (exact) mass is 423 g/mol. The zero-order valence-corrected chi connectivity index (χ0v) is 15.4. The summed E-state index contributed by atoms with van der Waals surface area (Å²) < 4.78 is 14.7. The molecule has 4 N–H and O–H groups in total. The Balaban J connectivity index is 1.79. The van der Waals surface area contributed by atoms with Crippen LogP contribution in [0.3, 0.4) is 0 Å². The Kier molecular flexibility index (Phi) is 5.85. The number of benzene rings is 1. The molecule has 1 heterocycles. The molecule has 0 radical (unpaired) electrons. The minimum absolute atomic E-state index is 0.211. The summed E-state index contributed by atoms with van der Waals surface area (Å²) in [5, 5.41) is 25.4. The molecule has 1 aromatic heterocycles. The Morgan fingerprint density at radius 2 is 2.04 bits per heavy atom. The van der Waals surface area contributed by atoms with E-state index in [0.717, 1.165) is 0 Å². The van der Waals surface area contributed by atoms with Crippen LogP contribution in [0.2, 0.25) is 0 Å². The molecule has 3 atom stereocenters.